The van der Waals surface area contributed by atoms with Gasteiger partial charge in [-0.1, -0.05) is 114 Å². The van der Waals surface area contributed by atoms with Crippen LogP contribution in [-0.2, 0) is 4.74 Å². The molecule has 0 aliphatic heterocycles. The summed E-state index contributed by atoms with van der Waals surface area (Å²) in [5.74, 6) is 0.644. The maximum atomic E-state index is 8.63. The fourth-order valence-corrected chi connectivity index (χ4v) is 2.93. The number of para-hydroxylation sites is 2. The first kappa shape index (κ1) is 29.0. The molecule has 0 saturated carbocycles. The minimum Gasteiger partial charge on any atom is -0.508 e. The largest absolute Gasteiger partial charge is 0.508 e. The van der Waals surface area contributed by atoms with Crippen molar-refractivity contribution in [2.45, 2.75) is 90.9 Å². The third kappa shape index (κ3) is 24.1. The molecule has 3 heteroatoms. The summed E-state index contributed by atoms with van der Waals surface area (Å²) < 4.78 is 5.65. The highest BCUT2D eigenvalue weighted by atomic mass is 16.5. The molecule has 0 fully saturated rings. The van der Waals surface area contributed by atoms with Crippen LogP contribution in [0.4, 0.5) is 0 Å². The average molecular weight is 431 g/mol. The molecule has 3 nitrogen and oxygen atoms in total. The Morgan fingerprint density at radius 1 is 0.484 bits per heavy atom. The van der Waals surface area contributed by atoms with E-state index in [0.29, 0.717) is 11.5 Å². The predicted molar refractivity (Wildman–Crippen MR) is 134 cm³/mol. The number of phenolic OH excluding ortho intramolecular Hbond substituents is 2. The summed E-state index contributed by atoms with van der Waals surface area (Å²) in [4.78, 5) is 0. The van der Waals surface area contributed by atoms with E-state index < -0.39 is 0 Å². The van der Waals surface area contributed by atoms with Gasteiger partial charge in [0.2, 0.25) is 0 Å². The molecule has 2 rings (SSSR count). The number of hydrogen-bond donors (Lipinski definition) is 2. The summed E-state index contributed by atoms with van der Waals surface area (Å²) in [6.45, 7) is 6.51. The Kier molecular flexibility index (Phi) is 22.7. The molecular formula is C28H46O3. The molecule has 176 valence electrons. The predicted octanol–water partition coefficient (Wildman–Crippen LogP) is 8.51. The number of benzene rings is 2. The van der Waals surface area contributed by atoms with Crippen molar-refractivity contribution in [1.82, 2.24) is 0 Å². The lowest BCUT2D eigenvalue weighted by molar-refractivity contribution is 0.125. The average Bonchev–Trinajstić information content (AvgIpc) is 2.79. The standard InChI is InChI=1S/C16H34O.2C6H6O/c1-3-5-7-9-11-13-15-17-16-14-12-10-8-6-4-2;2*7-6-4-2-1-3-5-6/h3-16H2,1-2H3;2*1-5,7H. The van der Waals surface area contributed by atoms with Gasteiger partial charge in [0.15, 0.2) is 0 Å². The summed E-state index contributed by atoms with van der Waals surface area (Å²) in [5, 5.41) is 17.3. The van der Waals surface area contributed by atoms with Gasteiger partial charge in [-0.25, -0.2) is 0 Å². The lowest BCUT2D eigenvalue weighted by Gasteiger charge is -2.04. The van der Waals surface area contributed by atoms with Gasteiger partial charge in [0.1, 0.15) is 11.5 Å². The summed E-state index contributed by atoms with van der Waals surface area (Å²) in [6.07, 6.45) is 16.3. The third-order valence-corrected chi connectivity index (χ3v) is 4.80. The highest BCUT2D eigenvalue weighted by molar-refractivity contribution is 5.19. The van der Waals surface area contributed by atoms with Gasteiger partial charge in [0.05, 0.1) is 0 Å². The van der Waals surface area contributed by atoms with Crippen molar-refractivity contribution in [3.05, 3.63) is 60.7 Å². The molecule has 0 amide bonds. The quantitative estimate of drug-likeness (QED) is 0.295. The number of hydrogen-bond acceptors (Lipinski definition) is 3. The molecule has 0 aliphatic rings. The van der Waals surface area contributed by atoms with E-state index in [9.17, 15) is 0 Å². The molecule has 0 spiro atoms. The van der Waals surface area contributed by atoms with Crippen molar-refractivity contribution >= 4 is 0 Å². The number of unbranched alkanes of at least 4 members (excludes halogenated alkanes) is 10. The van der Waals surface area contributed by atoms with Crippen LogP contribution in [0.3, 0.4) is 0 Å². The monoisotopic (exact) mass is 430 g/mol. The van der Waals surface area contributed by atoms with Crippen molar-refractivity contribution in [1.29, 1.82) is 0 Å². The van der Waals surface area contributed by atoms with Crippen LogP contribution in [0.1, 0.15) is 90.9 Å². The van der Waals surface area contributed by atoms with Crippen LogP contribution < -0.4 is 0 Å². The van der Waals surface area contributed by atoms with Gasteiger partial charge < -0.3 is 14.9 Å². The van der Waals surface area contributed by atoms with Crippen LogP contribution in [-0.4, -0.2) is 23.4 Å². The Labute approximate surface area is 191 Å². The second kappa shape index (κ2) is 24.3. The normalized spacial score (nSPS) is 9.87. The van der Waals surface area contributed by atoms with Crippen LogP contribution in [0.15, 0.2) is 60.7 Å². The van der Waals surface area contributed by atoms with E-state index in [1.165, 1.54) is 77.0 Å². The summed E-state index contributed by atoms with van der Waals surface area (Å²) in [5.41, 5.74) is 0. The first-order valence-corrected chi connectivity index (χ1v) is 12.3. The molecule has 0 saturated heterocycles. The molecule has 2 aromatic rings. The summed E-state index contributed by atoms with van der Waals surface area (Å²) in [6, 6.07) is 17.4. The first-order chi connectivity index (χ1) is 15.2. The zero-order valence-electron chi connectivity index (χ0n) is 20.0. The van der Waals surface area contributed by atoms with Gasteiger partial charge in [-0.15, -0.1) is 0 Å². The Balaban J connectivity index is 0.000000518. The molecule has 0 aliphatic carbocycles. The van der Waals surface area contributed by atoms with E-state index in [0.717, 1.165) is 13.2 Å². The van der Waals surface area contributed by atoms with Crippen LogP contribution in [0.2, 0.25) is 0 Å². The fourth-order valence-electron chi connectivity index (χ4n) is 2.93. The molecule has 0 aromatic heterocycles. The summed E-state index contributed by atoms with van der Waals surface area (Å²) in [7, 11) is 0. The molecule has 2 aromatic carbocycles. The third-order valence-electron chi connectivity index (χ3n) is 4.80. The van der Waals surface area contributed by atoms with Crippen molar-refractivity contribution in [2.24, 2.45) is 0 Å². The van der Waals surface area contributed by atoms with E-state index >= 15 is 0 Å². The Bertz CT molecular complexity index is 505. The van der Waals surface area contributed by atoms with Crippen molar-refractivity contribution in [2.75, 3.05) is 13.2 Å². The molecule has 0 bridgehead atoms. The molecule has 0 atom stereocenters. The van der Waals surface area contributed by atoms with Gasteiger partial charge in [0, 0.05) is 13.2 Å². The molecule has 0 radical (unpaired) electrons. The van der Waals surface area contributed by atoms with Gasteiger partial charge in [0.25, 0.3) is 0 Å². The van der Waals surface area contributed by atoms with Gasteiger partial charge in [-0.3, -0.25) is 0 Å². The zero-order chi connectivity index (χ0) is 22.8. The van der Waals surface area contributed by atoms with Gasteiger partial charge >= 0.3 is 0 Å². The Morgan fingerprint density at radius 2 is 0.806 bits per heavy atom. The summed E-state index contributed by atoms with van der Waals surface area (Å²) >= 11 is 0. The zero-order valence-corrected chi connectivity index (χ0v) is 20.0. The lowest BCUT2D eigenvalue weighted by Crippen LogP contribution is -1.97. The van der Waals surface area contributed by atoms with Gasteiger partial charge in [-0.2, -0.15) is 0 Å². The molecular weight excluding hydrogens is 384 g/mol. The van der Waals surface area contributed by atoms with E-state index in [1.54, 1.807) is 48.5 Å². The van der Waals surface area contributed by atoms with E-state index in [4.69, 9.17) is 14.9 Å². The van der Waals surface area contributed by atoms with Crippen LogP contribution in [0, 0.1) is 0 Å². The topological polar surface area (TPSA) is 49.7 Å². The van der Waals surface area contributed by atoms with E-state index in [1.807, 2.05) is 12.1 Å². The van der Waals surface area contributed by atoms with Crippen LogP contribution >= 0.6 is 0 Å². The second-order valence-electron chi connectivity index (χ2n) is 7.82. The van der Waals surface area contributed by atoms with Crippen LogP contribution in [0.5, 0.6) is 11.5 Å². The fraction of sp³-hybridized carbons (Fsp3) is 0.571. The molecule has 2 N–H and O–H groups in total. The first-order valence-electron chi connectivity index (χ1n) is 12.3. The number of phenols is 2. The van der Waals surface area contributed by atoms with E-state index in [2.05, 4.69) is 13.8 Å². The highest BCUT2D eigenvalue weighted by Crippen LogP contribution is 2.07. The van der Waals surface area contributed by atoms with Gasteiger partial charge in [-0.05, 0) is 37.1 Å². The number of aromatic hydroxyl groups is 2. The SMILES string of the molecule is CCCCCCCCOCCCCCCCC.Oc1ccccc1.Oc1ccccc1. The maximum Gasteiger partial charge on any atom is 0.115 e. The van der Waals surface area contributed by atoms with E-state index in [-0.39, 0.29) is 0 Å². The van der Waals surface area contributed by atoms with Crippen molar-refractivity contribution < 1.29 is 14.9 Å². The number of rotatable bonds is 14. The molecule has 31 heavy (non-hydrogen) atoms. The second-order valence-corrected chi connectivity index (χ2v) is 7.82. The number of ether oxygens (including phenoxy) is 1. The minimum atomic E-state index is 0.322. The van der Waals surface area contributed by atoms with Crippen molar-refractivity contribution in [3.63, 3.8) is 0 Å². The smallest absolute Gasteiger partial charge is 0.115 e. The minimum absolute atomic E-state index is 0.322. The molecule has 0 heterocycles. The molecule has 0 unspecified atom stereocenters. The lowest BCUT2D eigenvalue weighted by atomic mass is 10.1. The Morgan fingerprint density at radius 3 is 1.10 bits per heavy atom. The highest BCUT2D eigenvalue weighted by Gasteiger charge is 1.92. The van der Waals surface area contributed by atoms with Crippen LogP contribution in [0.25, 0.3) is 0 Å². The Hall–Kier alpha value is -2.00. The maximum absolute atomic E-state index is 8.63. The van der Waals surface area contributed by atoms with Crippen molar-refractivity contribution in [3.8, 4) is 11.5 Å².